The van der Waals surface area contributed by atoms with Crippen LogP contribution < -0.4 is 10.6 Å². The maximum atomic E-state index is 15.6. The summed E-state index contributed by atoms with van der Waals surface area (Å²) in [7, 11) is 0. The van der Waals surface area contributed by atoms with Crippen LogP contribution in [0.5, 0.6) is 0 Å². The molecule has 0 aromatic heterocycles. The quantitative estimate of drug-likeness (QED) is 0.130. The molecule has 0 bridgehead atoms. The highest BCUT2D eigenvalue weighted by atomic mass is 35.5. The van der Waals surface area contributed by atoms with Crippen LogP contribution in [-0.2, 0) is 19.7 Å². The van der Waals surface area contributed by atoms with Gasteiger partial charge in [-0.3, -0.25) is 23.3 Å². The van der Waals surface area contributed by atoms with Gasteiger partial charge >= 0.3 is 0 Å². The molecule has 2 spiro atoms. The largest absolute Gasteiger partial charge is 0.394 e. The first-order valence-corrected chi connectivity index (χ1v) is 19.9. The van der Waals surface area contributed by atoms with Crippen LogP contribution in [0.25, 0.3) is 0 Å². The molecule has 13 heteroatoms. The summed E-state index contributed by atoms with van der Waals surface area (Å²) in [6, 6.07) is 25.4. The number of anilines is 1. The van der Waals surface area contributed by atoms with Crippen molar-refractivity contribution in [1.82, 2.24) is 10.2 Å². The van der Waals surface area contributed by atoms with Crippen molar-refractivity contribution in [3.8, 4) is 0 Å². The lowest BCUT2D eigenvalue weighted by molar-refractivity contribution is -0.166. The Labute approximate surface area is 339 Å². The van der Waals surface area contributed by atoms with Crippen LogP contribution in [0.3, 0.4) is 0 Å². The molecule has 4 N–H and O–H groups in total. The number of hydrogen-bond donors (Lipinski definition) is 4. The van der Waals surface area contributed by atoms with Crippen LogP contribution in [0, 0.1) is 5.41 Å². The van der Waals surface area contributed by atoms with Gasteiger partial charge in [0.2, 0.25) is 11.8 Å². The molecular formula is C43H42Cl3F2N3O5. The molecule has 4 aromatic carbocycles. The molecule has 2 amide bonds. The second kappa shape index (κ2) is 15.3. The Morgan fingerprint density at radius 1 is 0.893 bits per heavy atom. The molecule has 294 valence electrons. The van der Waals surface area contributed by atoms with E-state index in [1.807, 2.05) is 41.3 Å². The molecule has 0 radical (unpaired) electrons. The number of ether oxygens (including phenoxy) is 1. The summed E-state index contributed by atoms with van der Waals surface area (Å²) < 4.78 is 36.5. The molecule has 3 heterocycles. The number of amides is 2. The molecule has 3 aliphatic heterocycles. The number of carbonyl (C=O) groups is 2. The second-order valence-electron chi connectivity index (χ2n) is 15.8. The number of alkyl halides is 2. The topological polar surface area (TPSA) is 111 Å². The van der Waals surface area contributed by atoms with Crippen molar-refractivity contribution >= 4 is 52.3 Å². The lowest BCUT2D eigenvalue weighted by Crippen LogP contribution is -2.72. The van der Waals surface area contributed by atoms with Gasteiger partial charge in [-0.2, -0.15) is 0 Å². The minimum absolute atomic E-state index is 0.136. The van der Waals surface area contributed by atoms with E-state index in [1.54, 1.807) is 60.7 Å². The van der Waals surface area contributed by atoms with Gasteiger partial charge in [-0.1, -0.05) is 102 Å². The predicted molar refractivity (Wildman–Crippen MR) is 212 cm³/mol. The lowest BCUT2D eigenvalue weighted by atomic mass is 9.45. The molecule has 7 atom stereocenters. The maximum Gasteiger partial charge on any atom is 0.238 e. The van der Waals surface area contributed by atoms with Crippen LogP contribution in [0.1, 0.15) is 66.0 Å². The summed E-state index contributed by atoms with van der Waals surface area (Å²) in [5, 5.41) is 29.6. The molecule has 4 aliphatic rings. The van der Waals surface area contributed by atoms with E-state index in [1.165, 1.54) is 0 Å². The van der Waals surface area contributed by atoms with Crippen LogP contribution in [0.15, 0.2) is 97.1 Å². The monoisotopic (exact) mass is 823 g/mol. The fourth-order valence-corrected chi connectivity index (χ4v) is 11.1. The van der Waals surface area contributed by atoms with Gasteiger partial charge in [0.15, 0.2) is 0 Å². The van der Waals surface area contributed by atoms with E-state index in [-0.39, 0.29) is 42.2 Å². The highest BCUT2D eigenvalue weighted by molar-refractivity contribution is 6.34. The van der Waals surface area contributed by atoms with E-state index >= 15 is 18.4 Å². The minimum Gasteiger partial charge on any atom is -0.394 e. The highest BCUT2D eigenvalue weighted by Gasteiger charge is 2.81. The number of rotatable bonds is 10. The first kappa shape index (κ1) is 39.2. The van der Waals surface area contributed by atoms with Crippen molar-refractivity contribution in [3.63, 3.8) is 0 Å². The maximum absolute atomic E-state index is 15.6. The van der Waals surface area contributed by atoms with Gasteiger partial charge in [-0.05, 0) is 78.3 Å². The molecular weight excluding hydrogens is 783 g/mol. The van der Waals surface area contributed by atoms with Crippen molar-refractivity contribution in [2.24, 2.45) is 5.41 Å². The van der Waals surface area contributed by atoms with Gasteiger partial charge in [-0.25, -0.2) is 0 Å². The smallest absolute Gasteiger partial charge is 0.238 e. The molecule has 56 heavy (non-hydrogen) atoms. The van der Waals surface area contributed by atoms with Gasteiger partial charge in [0, 0.05) is 37.6 Å². The zero-order valence-corrected chi connectivity index (χ0v) is 32.6. The van der Waals surface area contributed by atoms with E-state index < -0.39 is 71.7 Å². The number of halogens is 5. The number of likely N-dealkylation sites (tertiary alicyclic amines) is 1. The Bertz CT molecular complexity index is 2070. The van der Waals surface area contributed by atoms with Crippen molar-refractivity contribution in [2.45, 2.75) is 72.9 Å². The molecule has 1 unspecified atom stereocenters. The van der Waals surface area contributed by atoms with Crippen LogP contribution in [0.2, 0.25) is 15.1 Å². The molecule has 8 rings (SSSR count). The van der Waals surface area contributed by atoms with Crippen LogP contribution >= 0.6 is 34.8 Å². The molecule has 4 aromatic rings. The standard InChI is InChI=1S/C43H42Cl3F2N3O5/c44-28-11-14-33-34(18-28)50-40(55)43(33)35(27-15-29(45)17-30(46)16-27)37(39(54)49-31-12-13-32(19-52)56-20-31)51(42(43)21-41(22-42,23-47)24-48)36(25-7-3-1-4-8-25)38(53)26-9-5-2-6-10-26/h1-11,14-18,31-32,35-38,52-53H,12-13,19-24H2,(H,49,54)(H,50,55)/t31-,32+,35+,36-,37-,38+,43?/m1/s1. The Morgan fingerprint density at radius 3 is 2.12 bits per heavy atom. The van der Waals surface area contributed by atoms with Gasteiger partial charge in [0.25, 0.3) is 0 Å². The fraction of sp³-hybridized carbons (Fsp3) is 0.395. The lowest BCUT2D eigenvalue weighted by Gasteiger charge is -2.63. The summed E-state index contributed by atoms with van der Waals surface area (Å²) >= 11 is 20.0. The zero-order chi connectivity index (χ0) is 39.4. The summed E-state index contributed by atoms with van der Waals surface area (Å²) in [6.45, 7) is -2.02. The van der Waals surface area contributed by atoms with Gasteiger partial charge in [-0.15, -0.1) is 0 Å². The SMILES string of the molecule is O=C(N[C@@H]1CC[C@@H](CO)OC1)[C@H]1[C@H](c2cc(Cl)cc(Cl)c2)C2(C(=O)Nc3cc(Cl)ccc32)C2(CC(CF)(CF)C2)N1[C@H](c1ccccc1)[C@@H](O)c1ccccc1. The third kappa shape index (κ3) is 6.24. The first-order valence-electron chi connectivity index (χ1n) is 18.8. The number of nitrogens with zero attached hydrogens (tertiary/aromatic N) is 1. The van der Waals surface area contributed by atoms with Crippen molar-refractivity contribution < 1.29 is 33.3 Å². The molecule has 2 saturated heterocycles. The Kier molecular flexibility index (Phi) is 10.7. The number of benzene rings is 4. The Hall–Kier alpha value is -3.61. The van der Waals surface area contributed by atoms with Crippen LogP contribution in [0.4, 0.5) is 14.5 Å². The minimum atomic E-state index is -1.69. The van der Waals surface area contributed by atoms with E-state index in [9.17, 15) is 10.2 Å². The van der Waals surface area contributed by atoms with Crippen molar-refractivity contribution in [1.29, 1.82) is 0 Å². The predicted octanol–water partition coefficient (Wildman–Crippen LogP) is 7.89. The zero-order valence-electron chi connectivity index (χ0n) is 30.3. The van der Waals surface area contributed by atoms with E-state index in [0.29, 0.717) is 45.8 Å². The van der Waals surface area contributed by atoms with Gasteiger partial charge < -0.3 is 25.6 Å². The average molecular weight is 825 g/mol. The van der Waals surface area contributed by atoms with Crippen LogP contribution in [-0.4, -0.2) is 77.2 Å². The summed E-state index contributed by atoms with van der Waals surface area (Å²) in [5.41, 5.74) is -2.09. The van der Waals surface area contributed by atoms with Crippen molar-refractivity contribution in [3.05, 3.63) is 134 Å². The third-order valence-electron chi connectivity index (χ3n) is 12.5. The second-order valence-corrected chi connectivity index (χ2v) is 17.1. The molecule has 8 nitrogen and oxygen atoms in total. The van der Waals surface area contributed by atoms with Gasteiger partial charge in [0.1, 0.15) is 5.41 Å². The third-order valence-corrected chi connectivity index (χ3v) is 13.2. The molecule has 1 saturated carbocycles. The highest BCUT2D eigenvalue weighted by Crippen LogP contribution is 2.74. The Morgan fingerprint density at radius 2 is 1.54 bits per heavy atom. The first-order chi connectivity index (χ1) is 27.0. The molecule has 1 aliphatic carbocycles. The fourth-order valence-electron chi connectivity index (χ4n) is 10.3. The number of hydrogen-bond acceptors (Lipinski definition) is 6. The van der Waals surface area contributed by atoms with Crippen molar-refractivity contribution in [2.75, 3.05) is 31.9 Å². The number of fused-ring (bicyclic) bond motifs is 3. The summed E-state index contributed by atoms with van der Waals surface area (Å²) in [4.78, 5) is 32.9. The normalized spacial score (nSPS) is 27.4. The molecule has 3 fully saturated rings. The summed E-state index contributed by atoms with van der Waals surface area (Å²) in [5.74, 6) is -2.02. The van der Waals surface area contributed by atoms with E-state index in [2.05, 4.69) is 10.6 Å². The summed E-state index contributed by atoms with van der Waals surface area (Å²) in [6.07, 6.45) is -0.955. The number of aliphatic hydroxyl groups is 2. The number of nitrogens with one attached hydrogen (secondary N) is 2. The van der Waals surface area contributed by atoms with E-state index in [0.717, 1.165) is 0 Å². The average Bonchev–Trinajstić information content (AvgIpc) is 3.63. The number of aliphatic hydroxyl groups excluding tert-OH is 2. The number of carbonyl (C=O) groups excluding carboxylic acids is 2. The Balaban J connectivity index is 1.45. The van der Waals surface area contributed by atoms with E-state index in [4.69, 9.17) is 39.5 Å². The van der Waals surface area contributed by atoms with Gasteiger partial charge in [0.05, 0.1) is 56.9 Å².